The molecule has 0 atom stereocenters. The SMILES string of the molecule is Cc1cccc(-c2nnc(CCC(=O)NCc3ccc4c(c3)OCO4)c(=O)[nH]2)c1. The highest BCUT2D eigenvalue weighted by molar-refractivity contribution is 5.76. The summed E-state index contributed by atoms with van der Waals surface area (Å²) in [6, 6.07) is 13.2. The van der Waals surface area contributed by atoms with E-state index < -0.39 is 0 Å². The van der Waals surface area contributed by atoms with Gasteiger partial charge in [-0.1, -0.05) is 29.8 Å². The number of aromatic nitrogens is 3. The number of carbonyl (C=O) groups is 1. The van der Waals surface area contributed by atoms with Gasteiger partial charge in [-0.05, 0) is 30.7 Å². The number of H-pyrrole nitrogens is 1. The number of carbonyl (C=O) groups excluding carboxylic acids is 1. The fourth-order valence-corrected chi connectivity index (χ4v) is 3.02. The topological polar surface area (TPSA) is 106 Å². The van der Waals surface area contributed by atoms with Crippen molar-refractivity contribution in [2.24, 2.45) is 0 Å². The number of aryl methyl sites for hydroxylation is 2. The Bertz CT molecular complexity index is 1110. The van der Waals surface area contributed by atoms with Crippen molar-refractivity contribution in [1.29, 1.82) is 0 Å². The first-order valence-corrected chi connectivity index (χ1v) is 9.26. The Morgan fingerprint density at radius 3 is 2.83 bits per heavy atom. The van der Waals surface area contributed by atoms with E-state index in [9.17, 15) is 9.59 Å². The van der Waals surface area contributed by atoms with Crippen molar-refractivity contribution >= 4 is 5.91 Å². The molecule has 0 saturated carbocycles. The molecule has 148 valence electrons. The van der Waals surface area contributed by atoms with E-state index in [1.807, 2.05) is 49.4 Å². The van der Waals surface area contributed by atoms with Crippen LogP contribution in [0.2, 0.25) is 0 Å². The van der Waals surface area contributed by atoms with E-state index >= 15 is 0 Å². The average molecular weight is 392 g/mol. The van der Waals surface area contributed by atoms with E-state index in [1.54, 1.807) is 0 Å². The Balaban J connectivity index is 1.32. The van der Waals surface area contributed by atoms with Crippen LogP contribution in [-0.2, 0) is 17.8 Å². The summed E-state index contributed by atoms with van der Waals surface area (Å²) in [7, 11) is 0. The molecule has 8 heteroatoms. The number of hydrogen-bond donors (Lipinski definition) is 2. The summed E-state index contributed by atoms with van der Waals surface area (Å²) < 4.78 is 10.6. The van der Waals surface area contributed by atoms with Gasteiger partial charge >= 0.3 is 0 Å². The van der Waals surface area contributed by atoms with Crippen molar-refractivity contribution in [2.75, 3.05) is 6.79 Å². The first kappa shape index (κ1) is 18.7. The fourth-order valence-electron chi connectivity index (χ4n) is 3.02. The van der Waals surface area contributed by atoms with Gasteiger partial charge in [-0.3, -0.25) is 9.59 Å². The lowest BCUT2D eigenvalue weighted by Gasteiger charge is -2.06. The van der Waals surface area contributed by atoms with Gasteiger partial charge < -0.3 is 19.8 Å². The molecular formula is C21H20N4O4. The Labute approximate surface area is 166 Å². The van der Waals surface area contributed by atoms with E-state index in [-0.39, 0.29) is 36.8 Å². The number of amides is 1. The Morgan fingerprint density at radius 2 is 2.00 bits per heavy atom. The molecule has 0 bridgehead atoms. The largest absolute Gasteiger partial charge is 0.454 e. The number of benzene rings is 2. The zero-order chi connectivity index (χ0) is 20.2. The predicted molar refractivity (Wildman–Crippen MR) is 106 cm³/mol. The minimum absolute atomic E-state index is 0.145. The average Bonchev–Trinajstić information content (AvgIpc) is 3.19. The van der Waals surface area contributed by atoms with Crippen molar-refractivity contribution in [3.8, 4) is 22.9 Å². The smallest absolute Gasteiger partial charge is 0.273 e. The lowest BCUT2D eigenvalue weighted by molar-refractivity contribution is -0.121. The van der Waals surface area contributed by atoms with Gasteiger partial charge in [0.2, 0.25) is 12.7 Å². The van der Waals surface area contributed by atoms with Crippen LogP contribution in [-0.4, -0.2) is 27.9 Å². The molecule has 4 rings (SSSR count). The molecule has 1 aliphatic rings. The van der Waals surface area contributed by atoms with Gasteiger partial charge in [0, 0.05) is 24.9 Å². The number of nitrogens with zero attached hydrogens (tertiary/aromatic N) is 2. The molecule has 0 radical (unpaired) electrons. The Kier molecular flexibility index (Phi) is 5.24. The summed E-state index contributed by atoms with van der Waals surface area (Å²) in [5.41, 5.74) is 2.67. The number of hydrogen-bond acceptors (Lipinski definition) is 6. The molecule has 0 aliphatic carbocycles. The van der Waals surface area contributed by atoms with Crippen molar-refractivity contribution in [1.82, 2.24) is 20.5 Å². The first-order chi connectivity index (χ1) is 14.1. The third-order valence-corrected chi connectivity index (χ3v) is 4.57. The monoisotopic (exact) mass is 392 g/mol. The van der Waals surface area contributed by atoms with Crippen molar-refractivity contribution in [2.45, 2.75) is 26.3 Å². The third kappa shape index (κ3) is 4.43. The number of fused-ring (bicyclic) bond motifs is 1. The zero-order valence-electron chi connectivity index (χ0n) is 15.9. The van der Waals surface area contributed by atoms with E-state index in [1.165, 1.54) is 0 Å². The number of nitrogens with one attached hydrogen (secondary N) is 2. The van der Waals surface area contributed by atoms with Crippen LogP contribution in [0.15, 0.2) is 47.3 Å². The summed E-state index contributed by atoms with van der Waals surface area (Å²) in [5.74, 6) is 1.61. The molecule has 29 heavy (non-hydrogen) atoms. The predicted octanol–water partition coefficient (Wildman–Crippen LogP) is 2.12. The summed E-state index contributed by atoms with van der Waals surface area (Å²) >= 11 is 0. The molecular weight excluding hydrogens is 372 g/mol. The number of ether oxygens (including phenoxy) is 2. The van der Waals surface area contributed by atoms with Gasteiger partial charge in [-0.15, -0.1) is 10.2 Å². The maximum Gasteiger partial charge on any atom is 0.273 e. The highest BCUT2D eigenvalue weighted by atomic mass is 16.7. The van der Waals surface area contributed by atoms with Crippen LogP contribution < -0.4 is 20.3 Å². The van der Waals surface area contributed by atoms with Crippen LogP contribution in [0, 0.1) is 6.92 Å². The van der Waals surface area contributed by atoms with Crippen molar-refractivity contribution in [3.63, 3.8) is 0 Å². The van der Waals surface area contributed by atoms with E-state index in [0.717, 1.165) is 16.7 Å². The lowest BCUT2D eigenvalue weighted by atomic mass is 10.1. The highest BCUT2D eigenvalue weighted by Gasteiger charge is 2.14. The molecule has 2 aromatic carbocycles. The number of aromatic amines is 1. The molecule has 1 aliphatic heterocycles. The molecule has 3 aromatic rings. The minimum atomic E-state index is -0.333. The summed E-state index contributed by atoms with van der Waals surface area (Å²) in [4.78, 5) is 27.2. The fraction of sp³-hybridized carbons (Fsp3) is 0.238. The Morgan fingerprint density at radius 1 is 1.14 bits per heavy atom. The van der Waals surface area contributed by atoms with Gasteiger partial charge in [0.25, 0.3) is 5.56 Å². The molecule has 0 saturated heterocycles. The van der Waals surface area contributed by atoms with E-state index in [2.05, 4.69) is 20.5 Å². The lowest BCUT2D eigenvalue weighted by Crippen LogP contribution is -2.25. The molecule has 1 aromatic heterocycles. The highest BCUT2D eigenvalue weighted by Crippen LogP contribution is 2.32. The van der Waals surface area contributed by atoms with Crippen LogP contribution >= 0.6 is 0 Å². The van der Waals surface area contributed by atoms with Gasteiger partial charge in [-0.2, -0.15) is 0 Å². The second-order valence-corrected chi connectivity index (χ2v) is 6.78. The summed E-state index contributed by atoms with van der Waals surface area (Å²) in [6.07, 6.45) is 0.357. The van der Waals surface area contributed by atoms with Crippen molar-refractivity contribution in [3.05, 3.63) is 69.6 Å². The molecule has 0 unspecified atom stereocenters. The molecule has 8 nitrogen and oxygen atoms in total. The molecule has 2 N–H and O–H groups in total. The summed E-state index contributed by atoms with van der Waals surface area (Å²) in [5, 5.41) is 10.9. The molecule has 2 heterocycles. The minimum Gasteiger partial charge on any atom is -0.454 e. The van der Waals surface area contributed by atoms with E-state index in [0.29, 0.717) is 23.9 Å². The standard InChI is InChI=1S/C21H20N4O4/c1-13-3-2-4-15(9-13)20-23-21(27)16(24-25-20)6-8-19(26)22-11-14-5-7-17-18(10-14)29-12-28-17/h2-5,7,9-10H,6,8,11-12H2,1H3,(H,22,26)(H,23,25,27). The van der Waals surface area contributed by atoms with E-state index in [4.69, 9.17) is 9.47 Å². The Hall–Kier alpha value is -3.68. The quantitative estimate of drug-likeness (QED) is 0.666. The first-order valence-electron chi connectivity index (χ1n) is 9.26. The van der Waals surface area contributed by atoms with Crippen molar-refractivity contribution < 1.29 is 14.3 Å². The summed E-state index contributed by atoms with van der Waals surface area (Å²) in [6.45, 7) is 2.54. The van der Waals surface area contributed by atoms with Crippen LogP contribution in [0.1, 0.15) is 23.2 Å². The van der Waals surface area contributed by atoms with Gasteiger partial charge in [0.05, 0.1) is 0 Å². The maximum absolute atomic E-state index is 12.3. The second kappa shape index (κ2) is 8.14. The molecule has 0 spiro atoms. The van der Waals surface area contributed by atoms with Gasteiger partial charge in [0.15, 0.2) is 17.3 Å². The zero-order valence-corrected chi connectivity index (χ0v) is 15.9. The van der Waals surface area contributed by atoms with Crippen LogP contribution in [0.5, 0.6) is 11.5 Å². The van der Waals surface area contributed by atoms with Gasteiger partial charge in [0.1, 0.15) is 5.69 Å². The van der Waals surface area contributed by atoms with Crippen LogP contribution in [0.4, 0.5) is 0 Å². The molecule has 0 fully saturated rings. The van der Waals surface area contributed by atoms with Gasteiger partial charge in [-0.25, -0.2) is 0 Å². The van der Waals surface area contributed by atoms with Crippen LogP contribution in [0.25, 0.3) is 11.4 Å². The second-order valence-electron chi connectivity index (χ2n) is 6.78. The number of rotatable bonds is 6. The normalized spacial score (nSPS) is 12.0. The maximum atomic E-state index is 12.3. The third-order valence-electron chi connectivity index (χ3n) is 4.57. The van der Waals surface area contributed by atoms with Crippen LogP contribution in [0.3, 0.4) is 0 Å². The molecule has 1 amide bonds.